The molecule has 180 valence electrons. The van der Waals surface area contributed by atoms with Crippen LogP contribution in [0.15, 0.2) is 48.5 Å². The van der Waals surface area contributed by atoms with Crippen molar-refractivity contribution in [1.29, 1.82) is 0 Å². The van der Waals surface area contributed by atoms with E-state index in [1.807, 2.05) is 12.1 Å². The van der Waals surface area contributed by atoms with Crippen LogP contribution < -0.4 is 4.74 Å². The summed E-state index contributed by atoms with van der Waals surface area (Å²) in [6.45, 7) is 9.11. The number of rotatable bonds is 6. The molecule has 1 atom stereocenters. The predicted molar refractivity (Wildman–Crippen MR) is 136 cm³/mol. The van der Waals surface area contributed by atoms with Crippen LogP contribution in [0.3, 0.4) is 0 Å². The van der Waals surface area contributed by atoms with Gasteiger partial charge in [0.1, 0.15) is 6.61 Å². The number of nitrogens with zero attached hydrogens (tertiary/aromatic N) is 3. The van der Waals surface area contributed by atoms with E-state index in [4.69, 9.17) is 9.72 Å². The summed E-state index contributed by atoms with van der Waals surface area (Å²) in [6, 6.07) is 17.0. The Balaban J connectivity index is 1.32. The van der Waals surface area contributed by atoms with Crippen LogP contribution >= 0.6 is 0 Å². The third-order valence-corrected chi connectivity index (χ3v) is 8.91. The average Bonchev–Trinajstić information content (AvgIpc) is 3.18. The fourth-order valence-electron chi connectivity index (χ4n) is 5.07. The van der Waals surface area contributed by atoms with Crippen LogP contribution in [-0.2, 0) is 23.0 Å². The van der Waals surface area contributed by atoms with Crippen molar-refractivity contribution in [2.24, 2.45) is 0 Å². The van der Waals surface area contributed by atoms with Crippen LogP contribution in [0, 0.1) is 13.8 Å². The molecule has 3 aromatic rings. The highest BCUT2D eigenvalue weighted by Gasteiger charge is 2.33. The number of pyridine rings is 1. The van der Waals surface area contributed by atoms with E-state index in [-0.39, 0.29) is 6.04 Å². The summed E-state index contributed by atoms with van der Waals surface area (Å²) in [4.78, 5) is 9.68. The Kier molecular flexibility index (Phi) is 6.60. The van der Waals surface area contributed by atoms with Crippen molar-refractivity contribution < 1.29 is 13.2 Å². The lowest BCUT2D eigenvalue weighted by molar-refractivity contribution is 0.0991. The summed E-state index contributed by atoms with van der Waals surface area (Å²) in [5, 5.41) is 1.13. The van der Waals surface area contributed by atoms with E-state index in [1.165, 1.54) is 16.7 Å². The molecule has 6 nitrogen and oxygen atoms in total. The molecule has 0 amide bonds. The molecular formula is C27H33N3O3S. The molecule has 1 aromatic heterocycles. The number of sulfone groups is 1. The minimum Gasteiger partial charge on any atom is -0.473 e. The lowest BCUT2D eigenvalue weighted by atomic mass is 10.1. The number of fused-ring (bicyclic) bond motifs is 1. The molecule has 2 aliphatic rings. The monoisotopic (exact) mass is 479 g/mol. The first-order chi connectivity index (χ1) is 16.4. The number of aromatic nitrogens is 1. The zero-order valence-electron chi connectivity index (χ0n) is 20.0. The molecule has 0 saturated carbocycles. The quantitative estimate of drug-likeness (QED) is 0.537. The molecular weight excluding hydrogens is 446 g/mol. The van der Waals surface area contributed by atoms with Gasteiger partial charge in [-0.1, -0.05) is 35.9 Å². The van der Waals surface area contributed by atoms with Gasteiger partial charge in [0.05, 0.1) is 17.0 Å². The van der Waals surface area contributed by atoms with Crippen LogP contribution in [-0.4, -0.2) is 66.9 Å². The number of ether oxygens (including phenoxy) is 1. The first kappa shape index (κ1) is 23.3. The zero-order valence-corrected chi connectivity index (χ0v) is 20.9. The van der Waals surface area contributed by atoms with Crippen molar-refractivity contribution in [1.82, 2.24) is 14.8 Å². The molecule has 2 aromatic carbocycles. The number of hydrogen-bond acceptors (Lipinski definition) is 6. The fraction of sp³-hybridized carbons (Fsp3) is 0.444. The van der Waals surface area contributed by atoms with E-state index >= 15 is 0 Å². The van der Waals surface area contributed by atoms with Crippen LogP contribution in [0.5, 0.6) is 5.88 Å². The molecule has 3 heterocycles. The second-order valence-corrected chi connectivity index (χ2v) is 12.0. The summed E-state index contributed by atoms with van der Waals surface area (Å²) in [5.74, 6) is 1.35. The standard InChI is InChI=1S/C27H33N3O3S/c1-20-7-8-26-23(15-20)16-24(27(28-26)33-18-22-6-4-3-5-21(22)2)17-29-10-12-30(13-11-29)25-9-14-34(31,32)19-25/h3-8,15-16,25H,9-14,17-19H2,1-2H3. The van der Waals surface area contributed by atoms with E-state index in [0.717, 1.165) is 55.6 Å². The van der Waals surface area contributed by atoms with E-state index in [9.17, 15) is 8.42 Å². The minimum atomic E-state index is -2.85. The van der Waals surface area contributed by atoms with Gasteiger partial charge < -0.3 is 4.74 Å². The third kappa shape index (κ3) is 5.27. The molecule has 0 radical (unpaired) electrons. The topological polar surface area (TPSA) is 62.7 Å². The largest absolute Gasteiger partial charge is 0.473 e. The number of aryl methyl sites for hydroxylation is 2. The zero-order chi connectivity index (χ0) is 23.7. The fourth-order valence-corrected chi connectivity index (χ4v) is 6.83. The van der Waals surface area contributed by atoms with Crippen LogP contribution in [0.1, 0.15) is 28.7 Å². The normalized spacial score (nSPS) is 21.2. The Morgan fingerprint density at radius 1 is 1.00 bits per heavy atom. The van der Waals surface area contributed by atoms with Crippen LogP contribution in [0.4, 0.5) is 0 Å². The Hall–Kier alpha value is -2.48. The van der Waals surface area contributed by atoms with Crippen LogP contribution in [0.2, 0.25) is 0 Å². The van der Waals surface area contributed by atoms with Gasteiger partial charge in [-0.2, -0.15) is 0 Å². The maximum Gasteiger partial charge on any atom is 0.218 e. The second-order valence-electron chi connectivity index (χ2n) is 9.73. The van der Waals surface area contributed by atoms with Crippen molar-refractivity contribution in [2.75, 3.05) is 37.7 Å². The highest BCUT2D eigenvalue weighted by molar-refractivity contribution is 7.91. The molecule has 2 fully saturated rings. The Bertz CT molecular complexity index is 1280. The summed E-state index contributed by atoms with van der Waals surface area (Å²) >= 11 is 0. The van der Waals surface area contributed by atoms with Crippen molar-refractivity contribution in [3.05, 3.63) is 70.8 Å². The average molecular weight is 480 g/mol. The summed E-state index contributed by atoms with van der Waals surface area (Å²) in [7, 11) is -2.85. The summed E-state index contributed by atoms with van der Waals surface area (Å²) < 4.78 is 30.1. The molecule has 5 rings (SSSR count). The van der Waals surface area contributed by atoms with Gasteiger partial charge in [-0.25, -0.2) is 13.4 Å². The highest BCUT2D eigenvalue weighted by Crippen LogP contribution is 2.27. The molecule has 0 spiro atoms. The van der Waals surface area contributed by atoms with E-state index in [2.05, 4.69) is 60.0 Å². The van der Waals surface area contributed by atoms with Gasteiger partial charge in [0.15, 0.2) is 9.84 Å². The number of hydrogen-bond donors (Lipinski definition) is 0. The van der Waals surface area contributed by atoms with Crippen molar-refractivity contribution in [3.8, 4) is 5.88 Å². The lowest BCUT2D eigenvalue weighted by Gasteiger charge is -2.37. The van der Waals surface area contributed by atoms with Gasteiger partial charge in [-0.15, -0.1) is 0 Å². The molecule has 7 heteroatoms. The lowest BCUT2D eigenvalue weighted by Crippen LogP contribution is -2.50. The van der Waals surface area contributed by atoms with Gasteiger partial charge in [-0.05, 0) is 49.6 Å². The van der Waals surface area contributed by atoms with E-state index in [1.54, 1.807) is 0 Å². The molecule has 2 saturated heterocycles. The number of piperazine rings is 1. The summed E-state index contributed by atoms with van der Waals surface area (Å²) in [6.07, 6.45) is 0.771. The van der Waals surface area contributed by atoms with Crippen molar-refractivity contribution in [2.45, 2.75) is 39.5 Å². The Morgan fingerprint density at radius 3 is 2.53 bits per heavy atom. The number of benzene rings is 2. The maximum absolute atomic E-state index is 11.9. The highest BCUT2D eigenvalue weighted by atomic mass is 32.2. The molecule has 0 aliphatic carbocycles. The predicted octanol–water partition coefficient (Wildman–Crippen LogP) is 3.74. The van der Waals surface area contributed by atoms with E-state index in [0.29, 0.717) is 24.0 Å². The molecule has 1 unspecified atom stereocenters. The smallest absolute Gasteiger partial charge is 0.218 e. The van der Waals surface area contributed by atoms with Gasteiger partial charge in [0.2, 0.25) is 5.88 Å². The van der Waals surface area contributed by atoms with Gasteiger partial charge in [-0.3, -0.25) is 9.80 Å². The first-order valence-electron chi connectivity index (χ1n) is 12.1. The minimum absolute atomic E-state index is 0.186. The van der Waals surface area contributed by atoms with Crippen molar-refractivity contribution >= 4 is 20.7 Å². The molecule has 34 heavy (non-hydrogen) atoms. The molecule has 2 aliphatic heterocycles. The van der Waals surface area contributed by atoms with Gasteiger partial charge >= 0.3 is 0 Å². The Morgan fingerprint density at radius 2 is 1.79 bits per heavy atom. The van der Waals surface area contributed by atoms with Crippen LogP contribution in [0.25, 0.3) is 10.9 Å². The second kappa shape index (κ2) is 9.64. The summed E-state index contributed by atoms with van der Waals surface area (Å²) in [5.41, 5.74) is 5.64. The Labute approximate surface area is 202 Å². The van der Waals surface area contributed by atoms with Gasteiger partial charge in [0, 0.05) is 49.7 Å². The molecule has 0 bridgehead atoms. The maximum atomic E-state index is 11.9. The SMILES string of the molecule is Cc1ccc2nc(OCc3ccccc3C)c(CN3CCN(C4CCS(=O)(=O)C4)CC3)cc2c1. The first-order valence-corrected chi connectivity index (χ1v) is 13.9. The van der Waals surface area contributed by atoms with Gasteiger partial charge in [0.25, 0.3) is 0 Å². The molecule has 0 N–H and O–H groups in total. The van der Waals surface area contributed by atoms with Crippen molar-refractivity contribution in [3.63, 3.8) is 0 Å². The van der Waals surface area contributed by atoms with E-state index < -0.39 is 9.84 Å². The third-order valence-electron chi connectivity index (χ3n) is 7.16.